The van der Waals surface area contributed by atoms with Crippen molar-refractivity contribution in [1.82, 2.24) is 5.32 Å². The Labute approximate surface area is 126 Å². The molecule has 1 heterocycles. The second-order valence-corrected chi connectivity index (χ2v) is 5.06. The van der Waals surface area contributed by atoms with Crippen molar-refractivity contribution < 1.29 is 14.3 Å². The average molecular weight is 292 g/mol. The molecule has 5 nitrogen and oxygen atoms in total. The number of para-hydroxylation sites is 2. The molecule has 0 spiro atoms. The van der Waals surface area contributed by atoms with E-state index in [9.17, 15) is 4.79 Å². The maximum Gasteiger partial charge on any atom is 0.227 e. The van der Waals surface area contributed by atoms with Crippen molar-refractivity contribution in [2.24, 2.45) is 5.92 Å². The molecule has 0 unspecified atom stereocenters. The summed E-state index contributed by atoms with van der Waals surface area (Å²) < 4.78 is 10.9. The molecule has 21 heavy (non-hydrogen) atoms. The first-order chi connectivity index (χ1) is 10.3. The van der Waals surface area contributed by atoms with E-state index in [2.05, 4.69) is 10.6 Å². The number of ether oxygens (including phenoxy) is 2. The van der Waals surface area contributed by atoms with Crippen LogP contribution in [0.25, 0.3) is 0 Å². The van der Waals surface area contributed by atoms with Crippen molar-refractivity contribution in [3.8, 4) is 5.75 Å². The van der Waals surface area contributed by atoms with Crippen molar-refractivity contribution >= 4 is 11.6 Å². The van der Waals surface area contributed by atoms with Gasteiger partial charge in [0.1, 0.15) is 12.4 Å². The molecule has 1 amide bonds. The molecule has 1 saturated heterocycles. The highest BCUT2D eigenvalue weighted by molar-refractivity contribution is 5.94. The number of rotatable bonds is 7. The summed E-state index contributed by atoms with van der Waals surface area (Å²) in [5, 5.41) is 6.25. The molecule has 1 aromatic carbocycles. The van der Waals surface area contributed by atoms with Gasteiger partial charge in [0.05, 0.1) is 12.3 Å². The Bertz CT molecular complexity index is 445. The van der Waals surface area contributed by atoms with E-state index in [0.29, 0.717) is 25.6 Å². The van der Waals surface area contributed by atoms with Crippen LogP contribution in [0.1, 0.15) is 19.8 Å². The fourth-order valence-corrected chi connectivity index (χ4v) is 2.37. The first kappa shape index (κ1) is 15.8. The Balaban J connectivity index is 1.90. The van der Waals surface area contributed by atoms with Crippen LogP contribution in [0, 0.1) is 5.92 Å². The summed E-state index contributed by atoms with van der Waals surface area (Å²) in [4.78, 5) is 12.3. The molecule has 1 aliphatic rings. The summed E-state index contributed by atoms with van der Waals surface area (Å²) in [5.74, 6) is 0.861. The number of carbonyl (C=O) groups excluding carboxylic acids is 1. The van der Waals surface area contributed by atoms with E-state index in [1.165, 1.54) is 0 Å². The first-order valence-corrected chi connectivity index (χ1v) is 7.62. The molecule has 0 saturated carbocycles. The number of benzene rings is 1. The quantitative estimate of drug-likeness (QED) is 0.755. The van der Waals surface area contributed by atoms with Crippen LogP contribution in [0.15, 0.2) is 24.3 Å². The SMILES string of the molecule is CCOCCOc1ccccc1NC(=O)C1CCNCC1. The summed E-state index contributed by atoms with van der Waals surface area (Å²) in [5.41, 5.74) is 0.734. The zero-order chi connectivity index (χ0) is 14.9. The Hall–Kier alpha value is -1.59. The molecule has 0 radical (unpaired) electrons. The van der Waals surface area contributed by atoms with E-state index in [1.807, 2.05) is 31.2 Å². The Kier molecular flexibility index (Phi) is 6.50. The molecule has 5 heteroatoms. The van der Waals surface area contributed by atoms with Gasteiger partial charge in [-0.15, -0.1) is 0 Å². The Morgan fingerprint density at radius 1 is 1.29 bits per heavy atom. The van der Waals surface area contributed by atoms with Crippen LogP contribution < -0.4 is 15.4 Å². The average Bonchev–Trinajstić information content (AvgIpc) is 2.54. The van der Waals surface area contributed by atoms with E-state index < -0.39 is 0 Å². The molecular weight excluding hydrogens is 268 g/mol. The highest BCUT2D eigenvalue weighted by Gasteiger charge is 2.21. The molecule has 1 fully saturated rings. The highest BCUT2D eigenvalue weighted by Crippen LogP contribution is 2.25. The van der Waals surface area contributed by atoms with Crippen molar-refractivity contribution in [1.29, 1.82) is 0 Å². The van der Waals surface area contributed by atoms with Crippen LogP contribution in [-0.2, 0) is 9.53 Å². The summed E-state index contributed by atoms with van der Waals surface area (Å²) in [6.07, 6.45) is 1.78. The fraction of sp³-hybridized carbons (Fsp3) is 0.562. The number of piperidine rings is 1. The molecule has 0 aromatic heterocycles. The zero-order valence-corrected chi connectivity index (χ0v) is 12.6. The van der Waals surface area contributed by atoms with E-state index in [4.69, 9.17) is 9.47 Å². The van der Waals surface area contributed by atoms with Crippen molar-refractivity contribution in [2.45, 2.75) is 19.8 Å². The normalized spacial score (nSPS) is 15.7. The lowest BCUT2D eigenvalue weighted by Gasteiger charge is -2.22. The lowest BCUT2D eigenvalue weighted by Crippen LogP contribution is -2.34. The van der Waals surface area contributed by atoms with Crippen LogP contribution in [0.5, 0.6) is 5.75 Å². The minimum Gasteiger partial charge on any atom is -0.489 e. The number of hydrogen-bond donors (Lipinski definition) is 2. The molecule has 0 bridgehead atoms. The maximum atomic E-state index is 12.3. The summed E-state index contributed by atoms with van der Waals surface area (Å²) >= 11 is 0. The highest BCUT2D eigenvalue weighted by atomic mass is 16.5. The standard InChI is InChI=1S/C16H24N2O3/c1-2-20-11-12-21-15-6-4-3-5-14(15)18-16(19)13-7-9-17-10-8-13/h3-6,13,17H,2,7-12H2,1H3,(H,18,19). The van der Waals surface area contributed by atoms with Crippen LogP contribution in [0.2, 0.25) is 0 Å². The zero-order valence-electron chi connectivity index (χ0n) is 12.6. The number of hydrogen-bond acceptors (Lipinski definition) is 4. The van der Waals surface area contributed by atoms with Crippen LogP contribution in [0.3, 0.4) is 0 Å². The minimum absolute atomic E-state index is 0.0809. The van der Waals surface area contributed by atoms with Gasteiger partial charge in [-0.1, -0.05) is 12.1 Å². The van der Waals surface area contributed by atoms with Gasteiger partial charge in [0.25, 0.3) is 0 Å². The van der Waals surface area contributed by atoms with Gasteiger partial charge < -0.3 is 20.1 Å². The van der Waals surface area contributed by atoms with Gasteiger partial charge >= 0.3 is 0 Å². The molecular formula is C16H24N2O3. The minimum atomic E-state index is 0.0809. The number of nitrogens with one attached hydrogen (secondary N) is 2. The monoisotopic (exact) mass is 292 g/mol. The van der Waals surface area contributed by atoms with Gasteiger partial charge in [0.2, 0.25) is 5.91 Å². The van der Waals surface area contributed by atoms with Gasteiger partial charge in [0, 0.05) is 12.5 Å². The van der Waals surface area contributed by atoms with E-state index in [1.54, 1.807) is 0 Å². The van der Waals surface area contributed by atoms with Gasteiger partial charge in [-0.25, -0.2) is 0 Å². The van der Waals surface area contributed by atoms with Crippen LogP contribution in [-0.4, -0.2) is 38.8 Å². The predicted molar refractivity (Wildman–Crippen MR) is 82.7 cm³/mol. The lowest BCUT2D eigenvalue weighted by atomic mass is 9.97. The summed E-state index contributed by atoms with van der Waals surface area (Å²) in [6, 6.07) is 7.53. The first-order valence-electron chi connectivity index (χ1n) is 7.62. The number of anilines is 1. The van der Waals surface area contributed by atoms with Crippen molar-refractivity contribution in [2.75, 3.05) is 38.2 Å². The van der Waals surface area contributed by atoms with Crippen molar-refractivity contribution in [3.05, 3.63) is 24.3 Å². The predicted octanol–water partition coefficient (Wildman–Crippen LogP) is 2.04. The fourth-order valence-electron chi connectivity index (χ4n) is 2.37. The Morgan fingerprint density at radius 3 is 2.81 bits per heavy atom. The number of carbonyl (C=O) groups is 1. The summed E-state index contributed by atoms with van der Waals surface area (Å²) in [6.45, 7) is 5.47. The molecule has 1 aromatic rings. The van der Waals surface area contributed by atoms with E-state index >= 15 is 0 Å². The second-order valence-electron chi connectivity index (χ2n) is 5.06. The molecule has 2 N–H and O–H groups in total. The topological polar surface area (TPSA) is 59.6 Å². The third-order valence-electron chi connectivity index (χ3n) is 3.54. The third-order valence-corrected chi connectivity index (χ3v) is 3.54. The molecule has 0 aliphatic carbocycles. The van der Waals surface area contributed by atoms with Gasteiger partial charge in [-0.3, -0.25) is 4.79 Å². The largest absolute Gasteiger partial charge is 0.489 e. The van der Waals surface area contributed by atoms with Crippen molar-refractivity contribution in [3.63, 3.8) is 0 Å². The van der Waals surface area contributed by atoms with Crippen LogP contribution in [0.4, 0.5) is 5.69 Å². The van der Waals surface area contributed by atoms with Crippen LogP contribution >= 0.6 is 0 Å². The Morgan fingerprint density at radius 2 is 2.05 bits per heavy atom. The maximum absolute atomic E-state index is 12.3. The third kappa shape index (κ3) is 5.02. The second kappa shape index (κ2) is 8.64. The lowest BCUT2D eigenvalue weighted by molar-refractivity contribution is -0.120. The van der Waals surface area contributed by atoms with Gasteiger partial charge in [0.15, 0.2) is 0 Å². The van der Waals surface area contributed by atoms with Gasteiger partial charge in [-0.2, -0.15) is 0 Å². The smallest absolute Gasteiger partial charge is 0.227 e. The summed E-state index contributed by atoms with van der Waals surface area (Å²) in [7, 11) is 0. The van der Waals surface area contributed by atoms with Gasteiger partial charge in [-0.05, 0) is 45.0 Å². The molecule has 2 rings (SSSR count). The molecule has 116 valence electrons. The number of amides is 1. The van der Waals surface area contributed by atoms with E-state index in [0.717, 1.165) is 31.6 Å². The van der Waals surface area contributed by atoms with E-state index in [-0.39, 0.29) is 11.8 Å². The molecule has 1 aliphatic heterocycles. The molecule has 0 atom stereocenters.